The second kappa shape index (κ2) is 5.93. The minimum absolute atomic E-state index is 0.106. The fraction of sp³-hybridized carbons (Fsp3) is 0.375. The quantitative estimate of drug-likeness (QED) is 0.937. The number of aryl methyl sites for hydroxylation is 2. The minimum atomic E-state index is -0.417. The lowest BCUT2D eigenvalue weighted by atomic mass is 9.95. The van der Waals surface area contributed by atoms with Crippen molar-refractivity contribution in [2.75, 3.05) is 0 Å². The van der Waals surface area contributed by atoms with Crippen molar-refractivity contribution in [3.05, 3.63) is 51.2 Å². The first-order chi connectivity index (χ1) is 9.77. The Bertz CT molecular complexity index is 647. The van der Waals surface area contributed by atoms with Gasteiger partial charge >= 0.3 is 0 Å². The monoisotopic (exact) mass is 306 g/mol. The van der Waals surface area contributed by atoms with Gasteiger partial charge in [0, 0.05) is 5.54 Å². The van der Waals surface area contributed by atoms with Gasteiger partial charge in [-0.3, -0.25) is 4.79 Å². The second-order valence-corrected chi connectivity index (χ2v) is 6.99. The number of hydrogen-bond acceptors (Lipinski definition) is 3. The van der Waals surface area contributed by atoms with Crippen LogP contribution in [0.2, 0.25) is 0 Å². The highest BCUT2D eigenvalue weighted by Gasteiger charge is 2.24. The molecule has 1 aromatic heterocycles. The first-order valence-corrected chi connectivity index (χ1v) is 7.59. The van der Waals surface area contributed by atoms with E-state index in [1.807, 2.05) is 27.7 Å². The van der Waals surface area contributed by atoms with Crippen molar-refractivity contribution >= 4 is 17.2 Å². The number of nitrogens with one attached hydrogen (secondary N) is 1. The topological polar surface area (TPSA) is 42.0 Å². The summed E-state index contributed by atoms with van der Waals surface area (Å²) in [6.45, 7) is 7.64. The molecule has 3 nitrogen and oxygen atoms in total. The molecule has 0 saturated carbocycles. The Morgan fingerprint density at radius 1 is 1.29 bits per heavy atom. The first-order valence-electron chi connectivity index (χ1n) is 6.78. The van der Waals surface area contributed by atoms with E-state index in [0.29, 0.717) is 11.3 Å². The SMILES string of the molecule is Cc1nc(C)c(C(=O)NC(C)(C)Cc2ccc(F)cc2)s1. The Morgan fingerprint density at radius 2 is 1.90 bits per heavy atom. The van der Waals surface area contributed by atoms with Gasteiger partial charge in [0.05, 0.1) is 10.7 Å². The van der Waals surface area contributed by atoms with Crippen molar-refractivity contribution in [3.8, 4) is 0 Å². The summed E-state index contributed by atoms with van der Waals surface area (Å²) >= 11 is 1.40. The number of carbonyl (C=O) groups excluding carboxylic acids is 1. The molecule has 0 aliphatic rings. The molecule has 1 amide bonds. The zero-order chi connectivity index (χ0) is 15.6. The van der Waals surface area contributed by atoms with Crippen molar-refractivity contribution in [2.24, 2.45) is 0 Å². The van der Waals surface area contributed by atoms with Gasteiger partial charge < -0.3 is 5.32 Å². The van der Waals surface area contributed by atoms with Crippen LogP contribution in [-0.2, 0) is 6.42 Å². The van der Waals surface area contributed by atoms with Crippen LogP contribution in [0.15, 0.2) is 24.3 Å². The van der Waals surface area contributed by atoms with E-state index in [4.69, 9.17) is 0 Å². The normalized spacial score (nSPS) is 11.5. The van der Waals surface area contributed by atoms with Crippen LogP contribution in [0.4, 0.5) is 4.39 Å². The average molecular weight is 306 g/mol. The molecule has 2 rings (SSSR count). The van der Waals surface area contributed by atoms with E-state index >= 15 is 0 Å². The molecule has 0 atom stereocenters. The second-order valence-electron chi connectivity index (χ2n) is 5.79. The number of benzene rings is 1. The molecule has 0 unspecified atom stereocenters. The predicted molar refractivity (Wildman–Crippen MR) is 83.2 cm³/mol. The number of thiazole rings is 1. The summed E-state index contributed by atoms with van der Waals surface area (Å²) in [5, 5.41) is 3.91. The van der Waals surface area contributed by atoms with Gasteiger partial charge in [-0.25, -0.2) is 9.37 Å². The van der Waals surface area contributed by atoms with Crippen molar-refractivity contribution < 1.29 is 9.18 Å². The summed E-state index contributed by atoms with van der Waals surface area (Å²) in [6.07, 6.45) is 0.635. The molecule has 2 aromatic rings. The summed E-state index contributed by atoms with van der Waals surface area (Å²) in [5.41, 5.74) is 1.32. The van der Waals surface area contributed by atoms with Crippen LogP contribution in [0.1, 0.15) is 39.8 Å². The third-order valence-corrected chi connectivity index (χ3v) is 4.19. The average Bonchev–Trinajstić information content (AvgIpc) is 2.70. The van der Waals surface area contributed by atoms with E-state index in [0.717, 1.165) is 16.3 Å². The van der Waals surface area contributed by atoms with Crippen LogP contribution in [-0.4, -0.2) is 16.4 Å². The van der Waals surface area contributed by atoms with Crippen molar-refractivity contribution in [1.29, 1.82) is 0 Å². The fourth-order valence-corrected chi connectivity index (χ4v) is 3.08. The molecular formula is C16H19FN2OS. The van der Waals surface area contributed by atoms with Crippen LogP contribution >= 0.6 is 11.3 Å². The maximum Gasteiger partial charge on any atom is 0.263 e. The Kier molecular flexibility index (Phi) is 4.42. The van der Waals surface area contributed by atoms with E-state index in [1.165, 1.54) is 23.5 Å². The molecule has 0 radical (unpaired) electrons. The number of aromatic nitrogens is 1. The van der Waals surface area contributed by atoms with E-state index in [2.05, 4.69) is 10.3 Å². The summed E-state index contributed by atoms with van der Waals surface area (Å²) in [4.78, 5) is 17.3. The molecule has 21 heavy (non-hydrogen) atoms. The predicted octanol–water partition coefficient (Wildman–Crippen LogP) is 3.65. The minimum Gasteiger partial charge on any atom is -0.346 e. The number of amides is 1. The summed E-state index contributed by atoms with van der Waals surface area (Å²) < 4.78 is 12.9. The standard InChI is InChI=1S/C16H19FN2OS/c1-10-14(21-11(2)18-10)15(20)19-16(3,4)9-12-5-7-13(17)8-6-12/h5-8H,9H2,1-4H3,(H,19,20). The van der Waals surface area contributed by atoms with Gasteiger partial charge in [-0.1, -0.05) is 12.1 Å². The van der Waals surface area contributed by atoms with Gasteiger partial charge in [0.15, 0.2) is 0 Å². The van der Waals surface area contributed by atoms with Crippen LogP contribution in [0, 0.1) is 19.7 Å². The van der Waals surface area contributed by atoms with Gasteiger partial charge in [0.25, 0.3) is 5.91 Å². The number of carbonyl (C=O) groups is 1. The van der Waals surface area contributed by atoms with Gasteiger partial charge in [0.2, 0.25) is 0 Å². The van der Waals surface area contributed by atoms with E-state index < -0.39 is 5.54 Å². The molecule has 5 heteroatoms. The van der Waals surface area contributed by atoms with Crippen molar-refractivity contribution in [2.45, 2.75) is 39.7 Å². The summed E-state index contributed by atoms with van der Waals surface area (Å²) in [5.74, 6) is -0.360. The van der Waals surface area contributed by atoms with Gasteiger partial charge in [-0.05, 0) is 51.8 Å². The molecule has 0 fully saturated rings. The summed E-state index contributed by atoms with van der Waals surface area (Å²) in [7, 11) is 0. The molecule has 0 spiro atoms. The Hall–Kier alpha value is -1.75. The van der Waals surface area contributed by atoms with Crippen LogP contribution < -0.4 is 5.32 Å². The lowest BCUT2D eigenvalue weighted by Gasteiger charge is -2.26. The fourth-order valence-electron chi connectivity index (χ4n) is 2.26. The van der Waals surface area contributed by atoms with Gasteiger partial charge in [-0.2, -0.15) is 0 Å². The smallest absolute Gasteiger partial charge is 0.263 e. The van der Waals surface area contributed by atoms with E-state index in [1.54, 1.807) is 12.1 Å². The van der Waals surface area contributed by atoms with Gasteiger partial charge in [0.1, 0.15) is 10.7 Å². The van der Waals surface area contributed by atoms with Crippen molar-refractivity contribution in [1.82, 2.24) is 10.3 Å². The maximum absolute atomic E-state index is 12.9. The largest absolute Gasteiger partial charge is 0.346 e. The van der Waals surface area contributed by atoms with Crippen LogP contribution in [0.25, 0.3) is 0 Å². The molecular weight excluding hydrogens is 287 g/mol. The highest BCUT2D eigenvalue weighted by molar-refractivity contribution is 7.13. The third-order valence-electron chi connectivity index (χ3n) is 3.12. The number of rotatable bonds is 4. The molecule has 0 aliphatic carbocycles. The molecule has 0 saturated heterocycles. The van der Waals surface area contributed by atoms with Crippen molar-refractivity contribution in [3.63, 3.8) is 0 Å². The molecule has 112 valence electrons. The molecule has 0 bridgehead atoms. The first kappa shape index (κ1) is 15.6. The molecule has 1 N–H and O–H groups in total. The highest BCUT2D eigenvalue weighted by atomic mass is 32.1. The Morgan fingerprint density at radius 3 is 2.43 bits per heavy atom. The number of halogens is 1. The van der Waals surface area contributed by atoms with Crippen LogP contribution in [0.3, 0.4) is 0 Å². The number of hydrogen-bond donors (Lipinski definition) is 1. The van der Waals surface area contributed by atoms with Gasteiger partial charge in [-0.15, -0.1) is 11.3 Å². The molecule has 1 heterocycles. The maximum atomic E-state index is 12.9. The zero-order valence-corrected chi connectivity index (χ0v) is 13.5. The lowest BCUT2D eigenvalue weighted by Crippen LogP contribution is -2.45. The lowest BCUT2D eigenvalue weighted by molar-refractivity contribution is 0.0916. The highest BCUT2D eigenvalue weighted by Crippen LogP contribution is 2.19. The number of nitrogens with zero attached hydrogens (tertiary/aromatic N) is 1. The Labute approximate surface area is 128 Å². The third kappa shape index (κ3) is 4.11. The molecule has 1 aromatic carbocycles. The molecule has 0 aliphatic heterocycles. The van der Waals surface area contributed by atoms with E-state index in [-0.39, 0.29) is 11.7 Å². The zero-order valence-electron chi connectivity index (χ0n) is 12.7. The summed E-state index contributed by atoms with van der Waals surface area (Å²) in [6, 6.07) is 6.35. The Balaban J connectivity index is 2.08. The van der Waals surface area contributed by atoms with Crippen LogP contribution in [0.5, 0.6) is 0 Å². The van der Waals surface area contributed by atoms with E-state index in [9.17, 15) is 9.18 Å².